The van der Waals surface area contributed by atoms with Crippen molar-refractivity contribution in [2.45, 2.75) is 30.7 Å². The van der Waals surface area contributed by atoms with Crippen molar-refractivity contribution in [3.8, 4) is 0 Å². The molecule has 1 aliphatic rings. The van der Waals surface area contributed by atoms with Gasteiger partial charge >= 0.3 is 17.9 Å². The van der Waals surface area contributed by atoms with Crippen molar-refractivity contribution < 1.29 is 26.3 Å². The van der Waals surface area contributed by atoms with E-state index < -0.39 is 41.2 Å². The molecule has 1 aromatic rings. The lowest BCUT2D eigenvalue weighted by Gasteiger charge is -2.21. The fourth-order valence-corrected chi connectivity index (χ4v) is 1.34. The lowest BCUT2D eigenvalue weighted by Crippen LogP contribution is -2.38. The quantitative estimate of drug-likeness (QED) is 0.655. The van der Waals surface area contributed by atoms with Gasteiger partial charge in [0.2, 0.25) is 5.82 Å². The maximum Gasteiger partial charge on any atom is 0.370 e. The van der Waals surface area contributed by atoms with Crippen LogP contribution in [0.25, 0.3) is 0 Å². The minimum atomic E-state index is -4.81. The van der Waals surface area contributed by atoms with Crippen LogP contribution in [-0.4, -0.2) is 26.1 Å². The molecule has 0 fully saturated rings. The van der Waals surface area contributed by atoms with E-state index in [1.807, 2.05) is 0 Å². The molecular weight excluding hydrogens is 242 g/mol. The van der Waals surface area contributed by atoms with Gasteiger partial charge < -0.3 is 0 Å². The Hall–Kier alpha value is -1.35. The van der Waals surface area contributed by atoms with Crippen LogP contribution in [0.15, 0.2) is 0 Å². The molecule has 90 valence electrons. The van der Waals surface area contributed by atoms with Crippen LogP contribution in [0.2, 0.25) is 0 Å². The van der Waals surface area contributed by atoms with Gasteiger partial charge in [-0.3, -0.25) is 0 Å². The third-order valence-electron chi connectivity index (χ3n) is 2.26. The Balaban J connectivity index is 2.64. The zero-order chi connectivity index (χ0) is 12.2. The number of fused-ring (bicyclic) bond motifs is 1. The van der Waals surface area contributed by atoms with E-state index in [9.17, 15) is 26.3 Å². The van der Waals surface area contributed by atoms with Crippen molar-refractivity contribution in [2.24, 2.45) is 0 Å². The maximum atomic E-state index is 13.2. The highest BCUT2D eigenvalue weighted by atomic mass is 19.3. The van der Waals surface area contributed by atoms with Crippen LogP contribution >= 0.6 is 0 Å². The molecule has 10 heteroatoms. The molecule has 0 bridgehead atoms. The molecule has 1 aliphatic heterocycles. The van der Waals surface area contributed by atoms with E-state index in [1.165, 1.54) is 0 Å². The fourth-order valence-electron chi connectivity index (χ4n) is 1.34. The van der Waals surface area contributed by atoms with Crippen LogP contribution in [0.4, 0.5) is 26.3 Å². The summed E-state index contributed by atoms with van der Waals surface area (Å²) >= 11 is 0. The number of hydrogen-bond acceptors (Lipinski definition) is 3. The fraction of sp³-hybridized carbons (Fsp3) is 0.833. The molecule has 0 saturated heterocycles. The van der Waals surface area contributed by atoms with Gasteiger partial charge in [-0.2, -0.15) is 31.0 Å². The smallest absolute Gasteiger partial charge is 0.199 e. The van der Waals surface area contributed by atoms with Gasteiger partial charge in [0, 0.05) is 12.8 Å². The molecule has 0 atom stereocenters. The Morgan fingerprint density at radius 2 is 1.62 bits per heavy atom. The van der Waals surface area contributed by atoms with Crippen molar-refractivity contribution in [2.75, 3.05) is 0 Å². The molecule has 0 aliphatic carbocycles. The van der Waals surface area contributed by atoms with E-state index in [0.29, 0.717) is 0 Å². The summed E-state index contributed by atoms with van der Waals surface area (Å²) in [5.41, 5.74) is 0. The topological polar surface area (TPSA) is 43.6 Å². The highest BCUT2D eigenvalue weighted by molar-refractivity contribution is 5.05. The molecule has 0 unspecified atom stereocenters. The average Bonchev–Trinajstić information content (AvgIpc) is 2.61. The van der Waals surface area contributed by atoms with E-state index >= 15 is 0 Å². The number of alkyl halides is 6. The maximum absolute atomic E-state index is 13.2. The van der Waals surface area contributed by atoms with Gasteiger partial charge in [-0.1, -0.05) is 0 Å². The molecule has 2 rings (SSSR count). The Labute approximate surface area is 84.2 Å². The van der Waals surface area contributed by atoms with Gasteiger partial charge in [-0.05, 0) is 10.4 Å². The van der Waals surface area contributed by atoms with Crippen LogP contribution < -0.4 is 0 Å². The lowest BCUT2D eigenvalue weighted by atomic mass is 10.1. The molecule has 0 spiro atoms. The Bertz CT molecular complexity index is 413. The van der Waals surface area contributed by atoms with Gasteiger partial charge in [-0.15, -0.1) is 5.10 Å². The molecule has 0 saturated carbocycles. The second-order valence-corrected chi connectivity index (χ2v) is 3.36. The van der Waals surface area contributed by atoms with Crippen molar-refractivity contribution in [3.63, 3.8) is 0 Å². The number of rotatable bonds is 0. The van der Waals surface area contributed by atoms with Crippen molar-refractivity contribution >= 4 is 0 Å². The number of halogens is 6. The van der Waals surface area contributed by atoms with Crippen LogP contribution in [0.3, 0.4) is 0 Å². The predicted octanol–water partition coefficient (Wildman–Crippen LogP) is 1.74. The Morgan fingerprint density at radius 3 is 2.25 bits per heavy atom. The second-order valence-electron chi connectivity index (χ2n) is 3.36. The first kappa shape index (κ1) is 11.1. The monoisotopic (exact) mass is 246 g/mol. The molecule has 16 heavy (non-hydrogen) atoms. The largest absolute Gasteiger partial charge is 0.370 e. The summed E-state index contributed by atoms with van der Waals surface area (Å²) in [4.78, 5) is 0. The summed E-state index contributed by atoms with van der Waals surface area (Å²) in [5.74, 6) is -11.2. The van der Waals surface area contributed by atoms with E-state index in [2.05, 4.69) is 15.5 Å². The second kappa shape index (κ2) is 2.86. The van der Waals surface area contributed by atoms with Crippen LogP contribution in [0, 0.1) is 0 Å². The number of hydrogen-bond donors (Lipinski definition) is 0. The number of nitrogens with zero attached hydrogens (tertiary/aromatic N) is 4. The number of tetrazole rings is 1. The zero-order valence-electron chi connectivity index (χ0n) is 7.47. The molecule has 0 amide bonds. The minimum Gasteiger partial charge on any atom is -0.199 e. The highest BCUT2D eigenvalue weighted by Gasteiger charge is 2.65. The van der Waals surface area contributed by atoms with Gasteiger partial charge in [0.15, 0.2) is 0 Å². The van der Waals surface area contributed by atoms with Crippen LogP contribution in [0.5, 0.6) is 0 Å². The van der Waals surface area contributed by atoms with Crippen LogP contribution in [-0.2, 0) is 12.0 Å². The zero-order valence-corrected chi connectivity index (χ0v) is 7.47. The first-order chi connectivity index (χ1) is 7.18. The van der Waals surface area contributed by atoms with E-state index in [0.717, 1.165) is 0 Å². The molecule has 2 heterocycles. The van der Waals surface area contributed by atoms with Gasteiger partial charge in [0.1, 0.15) is 0 Å². The summed E-state index contributed by atoms with van der Waals surface area (Å²) in [5, 5.41) is 7.75. The van der Waals surface area contributed by atoms with Crippen LogP contribution in [0.1, 0.15) is 18.7 Å². The molecule has 0 aromatic carbocycles. The molecule has 4 nitrogen and oxygen atoms in total. The average molecular weight is 246 g/mol. The summed E-state index contributed by atoms with van der Waals surface area (Å²) in [6, 6.07) is -3.94. The van der Waals surface area contributed by atoms with Crippen molar-refractivity contribution in [1.29, 1.82) is 0 Å². The summed E-state index contributed by atoms with van der Waals surface area (Å²) in [7, 11) is 0. The number of aromatic nitrogens is 4. The minimum absolute atomic E-state index is 0.548. The van der Waals surface area contributed by atoms with E-state index in [1.54, 1.807) is 0 Å². The SMILES string of the molecule is FC1(F)CCC(F)(F)C(F)(F)c2nnnn21. The molecule has 0 radical (unpaired) electrons. The normalized spacial score (nSPS) is 25.9. The Morgan fingerprint density at radius 1 is 1.00 bits per heavy atom. The summed E-state index contributed by atoms with van der Waals surface area (Å²) in [6.07, 6.45) is -3.11. The molecule has 1 aromatic heterocycles. The lowest BCUT2D eigenvalue weighted by molar-refractivity contribution is -0.222. The predicted molar refractivity (Wildman–Crippen MR) is 36.1 cm³/mol. The Kier molecular flexibility index (Phi) is 1.99. The van der Waals surface area contributed by atoms with Crippen molar-refractivity contribution in [1.82, 2.24) is 20.2 Å². The summed E-state index contributed by atoms with van der Waals surface area (Å²) in [6.45, 7) is 0. The first-order valence-corrected chi connectivity index (χ1v) is 4.11. The highest BCUT2D eigenvalue weighted by Crippen LogP contribution is 2.49. The molecular formula is C6H4F6N4. The van der Waals surface area contributed by atoms with Gasteiger partial charge in [-0.25, -0.2) is 0 Å². The third-order valence-corrected chi connectivity index (χ3v) is 2.26. The van der Waals surface area contributed by atoms with Gasteiger partial charge in [0.25, 0.3) is 0 Å². The van der Waals surface area contributed by atoms with Crippen molar-refractivity contribution in [3.05, 3.63) is 5.82 Å². The van der Waals surface area contributed by atoms with E-state index in [-0.39, 0.29) is 0 Å². The molecule has 0 N–H and O–H groups in total. The standard InChI is InChI=1S/C6H4F6N4/c7-4(8)1-2-5(9,10)16-3(6(4,11)12)13-14-15-16/h1-2H2. The summed E-state index contributed by atoms with van der Waals surface area (Å²) < 4.78 is 77.9. The third kappa shape index (κ3) is 1.28. The van der Waals surface area contributed by atoms with Gasteiger partial charge in [0.05, 0.1) is 0 Å². The van der Waals surface area contributed by atoms with E-state index in [4.69, 9.17) is 0 Å². The first-order valence-electron chi connectivity index (χ1n) is 4.11.